The van der Waals surface area contributed by atoms with Gasteiger partial charge in [0.15, 0.2) is 5.82 Å². The van der Waals surface area contributed by atoms with Gasteiger partial charge in [-0.15, -0.1) is 17.5 Å². The SMILES string of the molecule is Cc1ccc(-n2nnnc2-c2ccc(C#N)cc2)cc1.Cl. The summed E-state index contributed by atoms with van der Waals surface area (Å²) in [7, 11) is 0. The van der Waals surface area contributed by atoms with Crippen molar-refractivity contribution in [2.24, 2.45) is 0 Å². The highest BCUT2D eigenvalue weighted by Crippen LogP contribution is 2.19. The summed E-state index contributed by atoms with van der Waals surface area (Å²) in [6.45, 7) is 2.03. The quantitative estimate of drug-likeness (QED) is 0.729. The van der Waals surface area contributed by atoms with E-state index >= 15 is 0 Å². The first-order valence-corrected chi connectivity index (χ1v) is 6.14. The van der Waals surface area contributed by atoms with Gasteiger partial charge in [0.2, 0.25) is 0 Å². The summed E-state index contributed by atoms with van der Waals surface area (Å²) in [6, 6.07) is 17.3. The van der Waals surface area contributed by atoms with Crippen LogP contribution in [0, 0.1) is 18.3 Å². The molecule has 3 aromatic rings. The molecule has 1 aromatic heterocycles. The lowest BCUT2D eigenvalue weighted by Gasteiger charge is -2.05. The standard InChI is InChI=1S/C15H11N5.ClH/c1-11-2-8-14(9-3-11)20-15(17-18-19-20)13-6-4-12(10-16)5-7-13;/h2-9H,1H3;1H. The lowest BCUT2D eigenvalue weighted by Crippen LogP contribution is -1.99. The highest BCUT2D eigenvalue weighted by molar-refractivity contribution is 5.85. The summed E-state index contributed by atoms with van der Waals surface area (Å²) in [6.07, 6.45) is 0. The van der Waals surface area contributed by atoms with Gasteiger partial charge in [-0.1, -0.05) is 17.7 Å². The molecule has 2 aromatic carbocycles. The Morgan fingerprint density at radius 1 is 1.00 bits per heavy atom. The molecule has 6 heteroatoms. The lowest BCUT2D eigenvalue weighted by molar-refractivity contribution is 0.791. The Labute approximate surface area is 128 Å². The molecule has 21 heavy (non-hydrogen) atoms. The minimum absolute atomic E-state index is 0. The van der Waals surface area contributed by atoms with Gasteiger partial charge in [0.05, 0.1) is 17.3 Å². The summed E-state index contributed by atoms with van der Waals surface area (Å²) in [5.41, 5.74) is 3.57. The maximum atomic E-state index is 8.82. The highest BCUT2D eigenvalue weighted by Gasteiger charge is 2.10. The Morgan fingerprint density at radius 3 is 2.29 bits per heavy atom. The second-order valence-electron chi connectivity index (χ2n) is 4.44. The van der Waals surface area contributed by atoms with Crippen molar-refractivity contribution in [3.63, 3.8) is 0 Å². The van der Waals surface area contributed by atoms with E-state index in [9.17, 15) is 0 Å². The molecule has 5 nitrogen and oxygen atoms in total. The van der Waals surface area contributed by atoms with Crippen LogP contribution in [-0.2, 0) is 0 Å². The number of hydrogen-bond donors (Lipinski definition) is 0. The van der Waals surface area contributed by atoms with E-state index in [1.165, 1.54) is 5.56 Å². The van der Waals surface area contributed by atoms with E-state index in [1.54, 1.807) is 16.8 Å². The maximum absolute atomic E-state index is 8.82. The van der Waals surface area contributed by atoms with Crippen molar-refractivity contribution < 1.29 is 0 Å². The molecule has 0 radical (unpaired) electrons. The summed E-state index contributed by atoms with van der Waals surface area (Å²) in [5, 5.41) is 20.6. The van der Waals surface area contributed by atoms with Crippen LogP contribution in [0.25, 0.3) is 17.1 Å². The van der Waals surface area contributed by atoms with Gasteiger partial charge < -0.3 is 0 Å². The Bertz CT molecular complexity index is 769. The van der Waals surface area contributed by atoms with Crippen LogP contribution >= 0.6 is 12.4 Å². The van der Waals surface area contributed by atoms with E-state index in [2.05, 4.69) is 21.6 Å². The van der Waals surface area contributed by atoms with Gasteiger partial charge in [0.1, 0.15) is 0 Å². The van der Waals surface area contributed by atoms with Crippen LogP contribution in [0.3, 0.4) is 0 Å². The van der Waals surface area contributed by atoms with E-state index in [0.717, 1.165) is 11.3 Å². The minimum Gasteiger partial charge on any atom is -0.193 e. The molecule has 0 N–H and O–H groups in total. The Balaban J connectivity index is 0.00000161. The van der Waals surface area contributed by atoms with Crippen LogP contribution in [0.15, 0.2) is 48.5 Å². The second kappa shape index (κ2) is 6.16. The molecule has 0 atom stereocenters. The third kappa shape index (κ3) is 2.91. The fourth-order valence-electron chi connectivity index (χ4n) is 1.92. The highest BCUT2D eigenvalue weighted by atomic mass is 35.5. The molecule has 0 unspecified atom stereocenters. The van der Waals surface area contributed by atoms with Crippen LogP contribution in [-0.4, -0.2) is 20.2 Å². The molecule has 0 aliphatic carbocycles. The van der Waals surface area contributed by atoms with Gasteiger partial charge >= 0.3 is 0 Å². The zero-order valence-corrected chi connectivity index (χ0v) is 12.1. The van der Waals surface area contributed by atoms with E-state index in [4.69, 9.17) is 5.26 Å². The number of nitrogens with zero attached hydrogens (tertiary/aromatic N) is 5. The molecule has 0 aliphatic heterocycles. The smallest absolute Gasteiger partial charge is 0.187 e. The lowest BCUT2D eigenvalue weighted by atomic mass is 10.1. The van der Waals surface area contributed by atoms with Crippen LogP contribution in [0.1, 0.15) is 11.1 Å². The normalized spacial score (nSPS) is 9.71. The number of aryl methyl sites for hydroxylation is 1. The molecule has 0 saturated carbocycles. The first kappa shape index (κ1) is 14.7. The van der Waals surface area contributed by atoms with Crippen molar-refractivity contribution in [2.75, 3.05) is 0 Å². The van der Waals surface area contributed by atoms with E-state index < -0.39 is 0 Å². The number of halogens is 1. The molecule has 3 rings (SSSR count). The zero-order valence-electron chi connectivity index (χ0n) is 11.3. The van der Waals surface area contributed by atoms with Crippen LogP contribution in [0.5, 0.6) is 0 Å². The van der Waals surface area contributed by atoms with Crippen molar-refractivity contribution in [3.8, 4) is 23.1 Å². The van der Waals surface area contributed by atoms with Crippen molar-refractivity contribution in [2.45, 2.75) is 6.92 Å². The minimum atomic E-state index is 0. The van der Waals surface area contributed by atoms with Crippen molar-refractivity contribution >= 4 is 12.4 Å². The van der Waals surface area contributed by atoms with E-state index in [1.807, 2.05) is 43.3 Å². The molecular formula is C15H12ClN5. The van der Waals surface area contributed by atoms with Gasteiger partial charge in [-0.2, -0.15) is 9.94 Å². The Kier molecular flexibility index (Phi) is 4.31. The largest absolute Gasteiger partial charge is 0.193 e. The molecule has 0 bridgehead atoms. The molecule has 0 fully saturated rings. The van der Waals surface area contributed by atoms with E-state index in [0.29, 0.717) is 11.4 Å². The molecule has 104 valence electrons. The Hall–Kier alpha value is -2.71. The van der Waals surface area contributed by atoms with Crippen LogP contribution in [0.2, 0.25) is 0 Å². The van der Waals surface area contributed by atoms with Crippen molar-refractivity contribution in [1.29, 1.82) is 5.26 Å². The van der Waals surface area contributed by atoms with Gasteiger partial charge in [-0.3, -0.25) is 0 Å². The number of tetrazole rings is 1. The topological polar surface area (TPSA) is 67.4 Å². The van der Waals surface area contributed by atoms with Gasteiger partial charge in [0.25, 0.3) is 0 Å². The zero-order chi connectivity index (χ0) is 13.9. The van der Waals surface area contributed by atoms with Crippen LogP contribution in [0.4, 0.5) is 0 Å². The number of hydrogen-bond acceptors (Lipinski definition) is 4. The third-order valence-electron chi connectivity index (χ3n) is 3.02. The number of aromatic nitrogens is 4. The molecule has 0 saturated heterocycles. The van der Waals surface area contributed by atoms with Gasteiger partial charge in [0, 0.05) is 5.56 Å². The van der Waals surface area contributed by atoms with Crippen molar-refractivity contribution in [1.82, 2.24) is 20.2 Å². The number of benzene rings is 2. The molecular weight excluding hydrogens is 286 g/mol. The number of nitriles is 1. The molecule has 0 spiro atoms. The van der Waals surface area contributed by atoms with Crippen molar-refractivity contribution in [3.05, 3.63) is 59.7 Å². The monoisotopic (exact) mass is 297 g/mol. The predicted octanol–water partition coefficient (Wildman–Crippen LogP) is 2.93. The average molecular weight is 298 g/mol. The molecule has 0 amide bonds. The molecule has 0 aliphatic rings. The van der Waals surface area contributed by atoms with Crippen LogP contribution < -0.4 is 0 Å². The summed E-state index contributed by atoms with van der Waals surface area (Å²) < 4.78 is 1.68. The first-order valence-electron chi connectivity index (χ1n) is 6.14. The summed E-state index contributed by atoms with van der Waals surface area (Å²) in [4.78, 5) is 0. The first-order chi connectivity index (χ1) is 9.78. The fraction of sp³-hybridized carbons (Fsp3) is 0.0667. The number of rotatable bonds is 2. The summed E-state index contributed by atoms with van der Waals surface area (Å²) >= 11 is 0. The van der Waals surface area contributed by atoms with Gasteiger partial charge in [-0.25, -0.2) is 0 Å². The average Bonchev–Trinajstić information content (AvgIpc) is 2.97. The fourth-order valence-corrected chi connectivity index (χ4v) is 1.92. The van der Waals surface area contributed by atoms with E-state index in [-0.39, 0.29) is 12.4 Å². The Morgan fingerprint density at radius 2 is 1.67 bits per heavy atom. The third-order valence-corrected chi connectivity index (χ3v) is 3.02. The maximum Gasteiger partial charge on any atom is 0.187 e. The predicted molar refractivity (Wildman–Crippen MR) is 81.3 cm³/mol. The van der Waals surface area contributed by atoms with Gasteiger partial charge in [-0.05, 0) is 53.7 Å². The molecule has 1 heterocycles. The second-order valence-corrected chi connectivity index (χ2v) is 4.44. The summed E-state index contributed by atoms with van der Waals surface area (Å²) in [5.74, 6) is 0.651.